The molecule has 1 saturated heterocycles. The Morgan fingerprint density at radius 2 is 1.16 bits per heavy atom. The van der Waals surface area contributed by atoms with Crippen LogP contribution in [-0.2, 0) is 48.1 Å². The summed E-state index contributed by atoms with van der Waals surface area (Å²) in [5, 5.41) is 2.26. The summed E-state index contributed by atoms with van der Waals surface area (Å²) >= 11 is 0. The number of rotatable bonds is 6. The molecule has 0 radical (unpaired) electrons. The van der Waals surface area contributed by atoms with Gasteiger partial charge in [0, 0.05) is 73.7 Å². The Morgan fingerprint density at radius 3 is 1.81 bits per heavy atom. The Morgan fingerprint density at radius 1 is 0.551 bits per heavy atom. The van der Waals surface area contributed by atoms with Crippen molar-refractivity contribution in [1.29, 1.82) is 0 Å². The smallest absolute Gasteiger partial charge is 0.187 e. The molecular formula is C63H69N4OPt-. The number of pyridine rings is 1. The standard InChI is InChI=1S/C63H69N4O.Pt/c1-59(2,3)42-21-18-20-41(32-42)49-23-19-25-55-58(49)66(46-34-44(61(7,8)9)33-45(35-46)62(10,11)12)39-67(55,40-66)56-38-48(27-29-52(56)63(13,14)15)68-47-26-28-51-50-22-16-17-24-53(50)65(54(51)37-47)57-36-43(30-31-64-57)60(4,5)6;/h16-36,39H,40H2,1-15H3;/q-1;/t66-,67-;/m0./s1. The second-order valence-corrected chi connectivity index (χ2v) is 24.8. The van der Waals surface area contributed by atoms with Gasteiger partial charge in [-0.3, -0.25) is 4.48 Å². The van der Waals surface area contributed by atoms with E-state index in [4.69, 9.17) is 9.72 Å². The molecular weight excluding hydrogens is 1020 g/mol. The molecule has 1 fully saturated rings. The van der Waals surface area contributed by atoms with Crippen molar-refractivity contribution in [2.45, 2.75) is 131 Å². The van der Waals surface area contributed by atoms with Crippen molar-refractivity contribution >= 4 is 44.6 Å². The van der Waals surface area contributed by atoms with Crippen LogP contribution in [0.1, 0.15) is 132 Å². The first kappa shape index (κ1) is 48.7. The summed E-state index contributed by atoms with van der Waals surface area (Å²) in [5.41, 5.74) is 15.8. The number of nitrogens with zero attached hydrogens (tertiary/aromatic N) is 4. The minimum atomic E-state index is -0.177. The number of fused-ring (bicyclic) bond motifs is 3. The van der Waals surface area contributed by atoms with E-state index in [1.54, 1.807) is 0 Å². The van der Waals surface area contributed by atoms with E-state index in [2.05, 4.69) is 242 Å². The fourth-order valence-corrected chi connectivity index (χ4v) is 10.6. The van der Waals surface area contributed by atoms with Gasteiger partial charge in [0.15, 0.2) is 18.0 Å². The van der Waals surface area contributed by atoms with Crippen molar-refractivity contribution in [3.8, 4) is 28.4 Å². The number of hydrogen-bond donors (Lipinski definition) is 0. The third kappa shape index (κ3) is 8.21. The van der Waals surface area contributed by atoms with Gasteiger partial charge in [0.2, 0.25) is 0 Å². The second kappa shape index (κ2) is 16.4. The molecule has 6 heteroatoms. The molecule has 5 heterocycles. The molecule has 0 amide bonds. The van der Waals surface area contributed by atoms with Gasteiger partial charge in [0.25, 0.3) is 0 Å². The maximum atomic E-state index is 6.95. The normalized spacial score (nSPS) is 18.2. The van der Waals surface area contributed by atoms with Gasteiger partial charge in [-0.05, 0) is 79.1 Å². The zero-order valence-electron chi connectivity index (χ0n) is 43.4. The molecule has 8 aromatic rings. The molecule has 2 aromatic heterocycles. The van der Waals surface area contributed by atoms with Crippen LogP contribution < -0.4 is 13.7 Å². The largest absolute Gasteiger partial charge is 0.509 e. The van der Waals surface area contributed by atoms with Crippen LogP contribution in [0.5, 0.6) is 11.5 Å². The first-order valence-corrected chi connectivity index (χ1v) is 24.5. The summed E-state index contributed by atoms with van der Waals surface area (Å²) in [6.07, 6.45) is 1.92. The maximum Gasteiger partial charge on any atom is 0.187 e. The van der Waals surface area contributed by atoms with Crippen molar-refractivity contribution < 1.29 is 25.8 Å². The van der Waals surface area contributed by atoms with Gasteiger partial charge in [-0.1, -0.05) is 181 Å². The molecule has 0 spiro atoms. The van der Waals surface area contributed by atoms with Crippen molar-refractivity contribution in [2.24, 2.45) is 0 Å². The molecule has 11 rings (SSSR count). The quantitative estimate of drug-likeness (QED) is 0.123. The van der Waals surface area contributed by atoms with E-state index >= 15 is 0 Å². The average Bonchev–Trinajstić information content (AvgIpc) is 3.86. The molecule has 0 N–H and O–H groups in total. The predicted octanol–water partition coefficient (Wildman–Crippen LogP) is 17.1. The van der Waals surface area contributed by atoms with Gasteiger partial charge in [0.1, 0.15) is 11.5 Å². The molecule has 3 aliphatic rings. The maximum absolute atomic E-state index is 6.95. The number of aromatic nitrogens is 2. The molecule has 69 heavy (non-hydrogen) atoms. The fourth-order valence-electron chi connectivity index (χ4n) is 10.6. The Bertz CT molecular complexity index is 3260. The van der Waals surface area contributed by atoms with Gasteiger partial charge in [-0.25, -0.2) is 4.98 Å². The van der Waals surface area contributed by atoms with Crippen LogP contribution in [0.3, 0.4) is 0 Å². The first-order chi connectivity index (χ1) is 31.8. The first-order valence-electron chi connectivity index (χ1n) is 24.5. The van der Waals surface area contributed by atoms with Crippen LogP contribution in [0.15, 0.2) is 128 Å². The van der Waals surface area contributed by atoms with Crippen LogP contribution in [0.4, 0.5) is 22.7 Å². The average molecular weight is 1090 g/mol. The fraction of sp³-hybridized carbons (Fsp3) is 0.333. The third-order valence-corrected chi connectivity index (χ3v) is 14.6. The molecule has 0 aliphatic carbocycles. The van der Waals surface area contributed by atoms with Gasteiger partial charge in [-0.15, -0.1) is 23.6 Å². The summed E-state index contributed by atoms with van der Waals surface area (Å²) < 4.78 is 10.4. The number of benzene rings is 6. The summed E-state index contributed by atoms with van der Waals surface area (Å²) in [4.78, 5) is 4.92. The molecule has 2 bridgehead atoms. The predicted molar refractivity (Wildman–Crippen MR) is 287 cm³/mol. The number of quaternary nitrogens is 2. The summed E-state index contributed by atoms with van der Waals surface area (Å²) in [6, 6.07) is 52.8. The van der Waals surface area contributed by atoms with Crippen LogP contribution in [0.2, 0.25) is 0 Å². The van der Waals surface area contributed by atoms with Crippen LogP contribution in [0.25, 0.3) is 38.8 Å². The summed E-state index contributed by atoms with van der Waals surface area (Å²) in [5.74, 6) is 2.16. The minimum Gasteiger partial charge on any atom is -0.509 e. The second-order valence-electron chi connectivity index (χ2n) is 24.8. The molecule has 0 saturated carbocycles. The topological polar surface area (TPSA) is 27.1 Å². The molecule has 6 aromatic carbocycles. The van der Waals surface area contributed by atoms with Crippen LogP contribution in [-0.4, -0.2) is 16.2 Å². The summed E-state index contributed by atoms with van der Waals surface area (Å²) in [6.45, 7) is 38.0. The molecule has 2 atom stereocenters. The molecule has 0 unspecified atom stereocenters. The Hall–Kier alpha value is -5.32. The Balaban J connectivity index is 0.00000593. The van der Waals surface area contributed by atoms with Crippen LogP contribution >= 0.6 is 0 Å². The molecule has 5 nitrogen and oxygen atoms in total. The van der Waals surface area contributed by atoms with E-state index in [1.807, 2.05) is 12.3 Å². The SMILES string of the molecule is CC(C)(C)c1cccc(-c2cccc3c2[N@@+]2(c4cc(C(C)(C)C)cc(C(C)(C)C)c4)[CH-][N@+]3(c3[c-]c(Oc4[c-]c5c(cc4)c4ccccc4n5-c4cc(C(C)(C)C)ccn4)ccc3C(C)(C)C)C2)c1.[Pt]. The van der Waals surface area contributed by atoms with E-state index in [0.717, 1.165) is 40.0 Å². The van der Waals surface area contributed by atoms with Crippen molar-refractivity contribution in [2.75, 3.05) is 6.67 Å². The Kier molecular flexibility index (Phi) is 11.6. The van der Waals surface area contributed by atoms with E-state index in [1.165, 1.54) is 56.0 Å². The van der Waals surface area contributed by atoms with E-state index < -0.39 is 0 Å². The van der Waals surface area contributed by atoms with Gasteiger partial charge < -0.3 is 13.8 Å². The van der Waals surface area contributed by atoms with E-state index in [0.29, 0.717) is 20.5 Å². The van der Waals surface area contributed by atoms with E-state index in [9.17, 15) is 0 Å². The Labute approximate surface area is 426 Å². The zero-order chi connectivity index (χ0) is 48.6. The number of hydrogen-bond acceptors (Lipinski definition) is 2. The van der Waals surface area contributed by atoms with Gasteiger partial charge in [0.05, 0.1) is 6.67 Å². The van der Waals surface area contributed by atoms with Gasteiger partial charge in [-0.2, -0.15) is 12.1 Å². The van der Waals surface area contributed by atoms with Crippen molar-refractivity contribution in [3.05, 3.63) is 174 Å². The van der Waals surface area contributed by atoms with Crippen LogP contribution in [0, 0.1) is 18.8 Å². The minimum absolute atomic E-state index is 0. The van der Waals surface area contributed by atoms with Crippen molar-refractivity contribution in [3.63, 3.8) is 0 Å². The monoisotopic (exact) mass is 1090 g/mol. The summed E-state index contributed by atoms with van der Waals surface area (Å²) in [7, 11) is 0. The van der Waals surface area contributed by atoms with Crippen molar-refractivity contribution in [1.82, 2.24) is 18.5 Å². The van der Waals surface area contributed by atoms with Gasteiger partial charge >= 0.3 is 0 Å². The third-order valence-electron chi connectivity index (χ3n) is 14.6. The number of ether oxygens (including phenoxy) is 1. The zero-order valence-corrected chi connectivity index (χ0v) is 45.7. The molecule has 3 aliphatic heterocycles. The number of para-hydroxylation sites is 2. The van der Waals surface area contributed by atoms with E-state index in [-0.39, 0.29) is 48.1 Å². The molecule has 358 valence electrons.